The SMILES string of the molecule is CC[C@H](C(=O)NCc1cc(Br)ccc1OC)N1C(=O)CCn2nc(C)cc21. The van der Waals surface area contributed by atoms with Crippen molar-refractivity contribution in [2.75, 3.05) is 12.0 Å². The van der Waals surface area contributed by atoms with Crippen LogP contribution in [-0.2, 0) is 22.7 Å². The predicted molar refractivity (Wildman–Crippen MR) is 106 cm³/mol. The Hall–Kier alpha value is -2.35. The molecule has 1 aromatic carbocycles. The summed E-state index contributed by atoms with van der Waals surface area (Å²) in [7, 11) is 1.60. The molecule has 1 aromatic heterocycles. The van der Waals surface area contributed by atoms with Crippen LogP contribution in [0.25, 0.3) is 0 Å². The third-order valence-corrected chi connectivity index (χ3v) is 5.12. The van der Waals surface area contributed by atoms with Crippen LogP contribution in [0.2, 0.25) is 0 Å². The zero-order valence-electron chi connectivity index (χ0n) is 15.7. The molecule has 0 aliphatic carbocycles. The summed E-state index contributed by atoms with van der Waals surface area (Å²) >= 11 is 3.44. The van der Waals surface area contributed by atoms with Gasteiger partial charge in [0, 0.05) is 29.1 Å². The quantitative estimate of drug-likeness (QED) is 0.757. The van der Waals surface area contributed by atoms with Crippen LogP contribution in [0.15, 0.2) is 28.7 Å². The fraction of sp³-hybridized carbons (Fsp3) is 0.421. The van der Waals surface area contributed by atoms with E-state index in [9.17, 15) is 9.59 Å². The second-order valence-electron chi connectivity index (χ2n) is 6.48. The molecule has 3 rings (SSSR count). The highest BCUT2D eigenvalue weighted by atomic mass is 79.9. The molecule has 0 unspecified atom stereocenters. The zero-order valence-corrected chi connectivity index (χ0v) is 17.2. The number of amides is 2. The lowest BCUT2D eigenvalue weighted by Crippen LogP contribution is -2.52. The summed E-state index contributed by atoms with van der Waals surface area (Å²) in [6, 6.07) is 6.91. The number of methoxy groups -OCH3 is 1. The van der Waals surface area contributed by atoms with Crippen molar-refractivity contribution in [3.05, 3.63) is 40.0 Å². The van der Waals surface area contributed by atoms with Gasteiger partial charge in [0.05, 0.1) is 19.3 Å². The first kappa shape index (κ1) is 19.4. The smallest absolute Gasteiger partial charge is 0.243 e. The van der Waals surface area contributed by atoms with E-state index in [0.717, 1.165) is 15.7 Å². The highest BCUT2D eigenvalue weighted by Crippen LogP contribution is 2.26. The lowest BCUT2D eigenvalue weighted by molar-refractivity contribution is -0.127. The fourth-order valence-corrected chi connectivity index (χ4v) is 3.75. The van der Waals surface area contributed by atoms with E-state index in [0.29, 0.717) is 37.5 Å². The van der Waals surface area contributed by atoms with Crippen LogP contribution >= 0.6 is 15.9 Å². The van der Waals surface area contributed by atoms with Gasteiger partial charge in [-0.1, -0.05) is 22.9 Å². The van der Waals surface area contributed by atoms with Gasteiger partial charge >= 0.3 is 0 Å². The second kappa shape index (κ2) is 8.12. The number of aryl methyl sites for hydroxylation is 2. The number of halogens is 1. The van der Waals surface area contributed by atoms with E-state index in [1.165, 1.54) is 0 Å². The monoisotopic (exact) mass is 434 g/mol. The van der Waals surface area contributed by atoms with E-state index in [1.807, 2.05) is 38.1 Å². The zero-order chi connectivity index (χ0) is 19.6. The number of ether oxygens (including phenoxy) is 1. The van der Waals surface area contributed by atoms with Gasteiger partial charge in [-0.3, -0.25) is 14.5 Å². The highest BCUT2D eigenvalue weighted by molar-refractivity contribution is 9.10. The standard InChI is InChI=1S/C19H23BrN4O3/c1-4-15(24-17-9-12(2)22-23(17)8-7-18(24)25)19(26)21-11-13-10-14(20)5-6-16(13)27-3/h5-6,9-10,15H,4,7-8,11H2,1-3H3,(H,21,26)/t15-/m1/s1. The fourth-order valence-electron chi connectivity index (χ4n) is 3.34. The van der Waals surface area contributed by atoms with Gasteiger partial charge in [0.15, 0.2) is 0 Å². The maximum atomic E-state index is 12.9. The number of nitrogens with zero attached hydrogens (tertiary/aromatic N) is 3. The number of carbonyl (C=O) groups excluding carboxylic acids is 2. The average molecular weight is 435 g/mol. The number of carbonyl (C=O) groups is 2. The molecule has 0 fully saturated rings. The van der Waals surface area contributed by atoms with Crippen LogP contribution in [0, 0.1) is 6.92 Å². The number of aromatic nitrogens is 2. The molecule has 27 heavy (non-hydrogen) atoms. The minimum absolute atomic E-state index is 0.0514. The van der Waals surface area contributed by atoms with Gasteiger partial charge in [0.1, 0.15) is 17.6 Å². The number of fused-ring (bicyclic) bond motifs is 1. The Labute approximate surface area is 166 Å². The van der Waals surface area contributed by atoms with Crippen molar-refractivity contribution in [3.8, 4) is 5.75 Å². The molecule has 144 valence electrons. The van der Waals surface area contributed by atoms with Gasteiger partial charge in [0.2, 0.25) is 11.8 Å². The van der Waals surface area contributed by atoms with E-state index in [2.05, 4.69) is 26.3 Å². The number of anilines is 1. The Morgan fingerprint density at radius 1 is 1.41 bits per heavy atom. The molecule has 1 aliphatic rings. The molecule has 7 nitrogen and oxygen atoms in total. The second-order valence-corrected chi connectivity index (χ2v) is 7.39. The maximum absolute atomic E-state index is 12.9. The Bertz CT molecular complexity index is 865. The average Bonchev–Trinajstić information content (AvgIpc) is 3.03. The summed E-state index contributed by atoms with van der Waals surface area (Å²) in [6.45, 7) is 4.65. The van der Waals surface area contributed by atoms with E-state index < -0.39 is 6.04 Å². The molecular weight excluding hydrogens is 412 g/mol. The Morgan fingerprint density at radius 2 is 2.19 bits per heavy atom. The first-order valence-electron chi connectivity index (χ1n) is 8.91. The van der Waals surface area contributed by atoms with Crippen molar-refractivity contribution >= 4 is 33.6 Å². The lowest BCUT2D eigenvalue weighted by Gasteiger charge is -2.33. The third kappa shape index (κ3) is 4.00. The van der Waals surface area contributed by atoms with Gasteiger partial charge in [-0.05, 0) is 31.5 Å². The van der Waals surface area contributed by atoms with Crippen molar-refractivity contribution in [1.82, 2.24) is 15.1 Å². The van der Waals surface area contributed by atoms with Crippen LogP contribution in [-0.4, -0.2) is 34.7 Å². The minimum Gasteiger partial charge on any atom is -0.496 e. The van der Waals surface area contributed by atoms with E-state index in [4.69, 9.17) is 4.74 Å². The molecule has 2 aromatic rings. The van der Waals surface area contributed by atoms with Gasteiger partial charge in [-0.25, -0.2) is 4.68 Å². The van der Waals surface area contributed by atoms with Gasteiger partial charge in [-0.15, -0.1) is 0 Å². The van der Waals surface area contributed by atoms with Crippen molar-refractivity contribution in [2.24, 2.45) is 0 Å². The number of hydrogen-bond acceptors (Lipinski definition) is 4. The van der Waals surface area contributed by atoms with Crippen molar-refractivity contribution in [1.29, 1.82) is 0 Å². The van der Waals surface area contributed by atoms with Crippen molar-refractivity contribution in [2.45, 2.75) is 45.8 Å². The van der Waals surface area contributed by atoms with Gasteiger partial charge in [-0.2, -0.15) is 5.10 Å². The predicted octanol–water partition coefficient (Wildman–Crippen LogP) is 2.79. The van der Waals surface area contributed by atoms with Crippen LogP contribution in [0.4, 0.5) is 5.82 Å². The summed E-state index contributed by atoms with van der Waals surface area (Å²) in [4.78, 5) is 27.1. The lowest BCUT2D eigenvalue weighted by atomic mass is 10.1. The summed E-state index contributed by atoms with van der Waals surface area (Å²) < 4.78 is 8.06. The molecule has 1 aliphatic heterocycles. The first-order chi connectivity index (χ1) is 12.9. The molecule has 1 N–H and O–H groups in total. The molecule has 0 saturated heterocycles. The third-order valence-electron chi connectivity index (χ3n) is 4.63. The van der Waals surface area contributed by atoms with E-state index >= 15 is 0 Å². The molecule has 0 bridgehead atoms. The number of rotatable bonds is 6. The normalized spacial score (nSPS) is 14.7. The molecule has 0 spiro atoms. The topological polar surface area (TPSA) is 76.5 Å². The Kier molecular flexibility index (Phi) is 5.84. The van der Waals surface area contributed by atoms with E-state index in [1.54, 1.807) is 16.7 Å². The molecule has 2 heterocycles. The Balaban J connectivity index is 1.79. The molecule has 0 radical (unpaired) electrons. The minimum atomic E-state index is -0.578. The van der Waals surface area contributed by atoms with Crippen molar-refractivity contribution in [3.63, 3.8) is 0 Å². The summed E-state index contributed by atoms with van der Waals surface area (Å²) in [6.07, 6.45) is 0.856. The number of hydrogen-bond donors (Lipinski definition) is 1. The number of benzene rings is 1. The molecular formula is C19H23BrN4O3. The summed E-state index contributed by atoms with van der Waals surface area (Å²) in [5.41, 5.74) is 1.69. The molecule has 0 saturated carbocycles. The van der Waals surface area contributed by atoms with Gasteiger partial charge in [0.25, 0.3) is 0 Å². The van der Waals surface area contributed by atoms with E-state index in [-0.39, 0.29) is 11.8 Å². The van der Waals surface area contributed by atoms with Gasteiger partial charge < -0.3 is 10.1 Å². The number of nitrogens with one attached hydrogen (secondary N) is 1. The molecule has 1 atom stereocenters. The van der Waals surface area contributed by atoms with Crippen LogP contribution in [0.3, 0.4) is 0 Å². The summed E-state index contributed by atoms with van der Waals surface area (Å²) in [5.74, 6) is 1.14. The van der Waals surface area contributed by atoms with Crippen LogP contribution in [0.1, 0.15) is 31.0 Å². The summed E-state index contributed by atoms with van der Waals surface area (Å²) in [5, 5.41) is 7.35. The van der Waals surface area contributed by atoms with Crippen LogP contribution in [0.5, 0.6) is 5.75 Å². The molecule has 2 amide bonds. The van der Waals surface area contributed by atoms with Crippen LogP contribution < -0.4 is 15.0 Å². The maximum Gasteiger partial charge on any atom is 0.243 e. The highest BCUT2D eigenvalue weighted by Gasteiger charge is 2.34. The first-order valence-corrected chi connectivity index (χ1v) is 9.70. The molecule has 8 heteroatoms. The Morgan fingerprint density at radius 3 is 2.89 bits per heavy atom. The van der Waals surface area contributed by atoms with Crippen molar-refractivity contribution < 1.29 is 14.3 Å². The largest absolute Gasteiger partial charge is 0.496 e.